The number of fused-ring (bicyclic) bond motifs is 1. The second-order valence-electron chi connectivity index (χ2n) is 4.94. The van der Waals surface area contributed by atoms with Gasteiger partial charge in [-0.05, 0) is 49.4 Å². The lowest BCUT2D eigenvalue weighted by Crippen LogP contribution is -2.11. The minimum atomic E-state index is -0.164. The van der Waals surface area contributed by atoms with Gasteiger partial charge in [0.1, 0.15) is 0 Å². The first-order chi connectivity index (χ1) is 10.1. The van der Waals surface area contributed by atoms with Crippen molar-refractivity contribution in [1.82, 2.24) is 4.98 Å². The molecule has 0 unspecified atom stereocenters. The highest BCUT2D eigenvalue weighted by molar-refractivity contribution is 6.06. The fraction of sp³-hybridized carbons (Fsp3) is 0.0588. The third-order valence-electron chi connectivity index (χ3n) is 3.24. The van der Waals surface area contributed by atoms with Crippen molar-refractivity contribution in [3.8, 4) is 0 Å². The number of pyridine rings is 1. The molecule has 0 atom stereocenters. The first kappa shape index (κ1) is 13.1. The quantitative estimate of drug-likeness (QED) is 0.706. The molecule has 3 N–H and O–H groups in total. The summed E-state index contributed by atoms with van der Waals surface area (Å²) in [6.45, 7) is 1.94. The second-order valence-corrected chi connectivity index (χ2v) is 4.94. The smallest absolute Gasteiger partial charge is 0.255 e. The number of nitrogen functional groups attached to an aromatic ring is 1. The normalized spacial score (nSPS) is 10.5. The van der Waals surface area contributed by atoms with Gasteiger partial charge in [0.05, 0.1) is 5.52 Å². The van der Waals surface area contributed by atoms with E-state index in [2.05, 4.69) is 10.3 Å². The van der Waals surface area contributed by atoms with Gasteiger partial charge < -0.3 is 11.1 Å². The molecule has 0 saturated carbocycles. The van der Waals surface area contributed by atoms with Crippen molar-refractivity contribution < 1.29 is 4.79 Å². The number of anilines is 2. The monoisotopic (exact) mass is 277 g/mol. The minimum Gasteiger partial charge on any atom is -0.399 e. The molecular formula is C17H15N3O. The summed E-state index contributed by atoms with van der Waals surface area (Å²) < 4.78 is 0. The minimum absolute atomic E-state index is 0.164. The number of carbonyl (C=O) groups excluding carboxylic acids is 1. The number of aryl methyl sites for hydroxylation is 1. The maximum Gasteiger partial charge on any atom is 0.255 e. The number of nitrogens with zero attached hydrogens (tertiary/aromatic N) is 1. The zero-order valence-electron chi connectivity index (χ0n) is 11.6. The fourth-order valence-electron chi connectivity index (χ4n) is 2.19. The predicted octanol–water partition coefficient (Wildman–Crippen LogP) is 3.38. The van der Waals surface area contributed by atoms with Gasteiger partial charge in [-0.15, -0.1) is 0 Å². The number of hydrogen-bond donors (Lipinski definition) is 2. The molecule has 0 radical (unpaired) electrons. The molecule has 1 aromatic heterocycles. The molecule has 3 rings (SSSR count). The van der Waals surface area contributed by atoms with Gasteiger partial charge in [-0.1, -0.05) is 12.1 Å². The Morgan fingerprint density at radius 2 is 1.95 bits per heavy atom. The van der Waals surface area contributed by atoms with Gasteiger partial charge in [0.25, 0.3) is 5.91 Å². The van der Waals surface area contributed by atoms with Crippen LogP contribution in [-0.2, 0) is 0 Å². The molecule has 3 aromatic rings. The van der Waals surface area contributed by atoms with Gasteiger partial charge in [0.15, 0.2) is 0 Å². The van der Waals surface area contributed by atoms with Crippen molar-refractivity contribution >= 4 is 28.2 Å². The summed E-state index contributed by atoms with van der Waals surface area (Å²) >= 11 is 0. The molecule has 0 spiro atoms. The molecule has 1 amide bonds. The Labute approximate surface area is 122 Å². The Morgan fingerprint density at radius 3 is 2.76 bits per heavy atom. The molecule has 0 bridgehead atoms. The van der Waals surface area contributed by atoms with Gasteiger partial charge in [-0.2, -0.15) is 0 Å². The van der Waals surface area contributed by atoms with Crippen LogP contribution in [0.5, 0.6) is 0 Å². The van der Waals surface area contributed by atoms with Gasteiger partial charge >= 0.3 is 0 Å². The largest absolute Gasteiger partial charge is 0.399 e. The average Bonchev–Trinajstić information content (AvgIpc) is 2.46. The number of nitrogens with two attached hydrogens (primary N) is 1. The Kier molecular flexibility index (Phi) is 3.28. The summed E-state index contributed by atoms with van der Waals surface area (Å²) in [5.74, 6) is -0.164. The molecule has 104 valence electrons. The molecule has 1 heterocycles. The number of hydrogen-bond acceptors (Lipinski definition) is 3. The van der Waals surface area contributed by atoms with Crippen LogP contribution >= 0.6 is 0 Å². The van der Waals surface area contributed by atoms with Crippen molar-refractivity contribution in [2.24, 2.45) is 0 Å². The third-order valence-corrected chi connectivity index (χ3v) is 3.24. The zero-order chi connectivity index (χ0) is 14.8. The summed E-state index contributed by atoms with van der Waals surface area (Å²) in [6, 6.07) is 16.5. The van der Waals surface area contributed by atoms with E-state index in [1.165, 1.54) is 0 Å². The van der Waals surface area contributed by atoms with E-state index in [1.807, 2.05) is 31.2 Å². The van der Waals surface area contributed by atoms with Crippen LogP contribution in [0.3, 0.4) is 0 Å². The SMILES string of the molecule is Cc1ccc2cc(C(=O)Nc3cccc(N)c3)ccc2n1. The molecule has 0 fully saturated rings. The topological polar surface area (TPSA) is 68.0 Å². The highest BCUT2D eigenvalue weighted by Crippen LogP contribution is 2.17. The Morgan fingerprint density at radius 1 is 1.10 bits per heavy atom. The third kappa shape index (κ3) is 2.84. The summed E-state index contributed by atoms with van der Waals surface area (Å²) in [5, 5.41) is 3.78. The standard InChI is InChI=1S/C17H15N3O/c1-11-5-6-12-9-13(7-8-16(12)19-11)17(21)20-15-4-2-3-14(18)10-15/h2-10H,18H2,1H3,(H,20,21). The number of aromatic nitrogens is 1. The predicted molar refractivity (Wildman–Crippen MR) is 85.3 cm³/mol. The summed E-state index contributed by atoms with van der Waals surface area (Å²) in [5.41, 5.74) is 9.44. The van der Waals surface area contributed by atoms with E-state index < -0.39 is 0 Å². The zero-order valence-corrected chi connectivity index (χ0v) is 11.6. The van der Waals surface area contributed by atoms with Gasteiger partial charge in [-0.3, -0.25) is 9.78 Å². The summed E-state index contributed by atoms with van der Waals surface area (Å²) in [4.78, 5) is 16.7. The van der Waals surface area contributed by atoms with E-state index in [0.29, 0.717) is 16.9 Å². The number of carbonyl (C=O) groups is 1. The maximum atomic E-state index is 12.3. The Hall–Kier alpha value is -2.88. The van der Waals surface area contributed by atoms with E-state index in [1.54, 1.807) is 30.3 Å². The lowest BCUT2D eigenvalue weighted by atomic mass is 10.1. The maximum absolute atomic E-state index is 12.3. The van der Waals surface area contributed by atoms with Crippen LogP contribution < -0.4 is 11.1 Å². The van der Waals surface area contributed by atoms with Crippen molar-refractivity contribution in [2.75, 3.05) is 11.1 Å². The number of benzene rings is 2. The van der Waals surface area contributed by atoms with E-state index >= 15 is 0 Å². The molecule has 0 aliphatic heterocycles. The van der Waals surface area contributed by atoms with Crippen LogP contribution in [0.4, 0.5) is 11.4 Å². The lowest BCUT2D eigenvalue weighted by Gasteiger charge is -2.07. The van der Waals surface area contributed by atoms with Crippen LogP contribution in [0.2, 0.25) is 0 Å². The molecule has 2 aromatic carbocycles. The number of rotatable bonds is 2. The van der Waals surface area contributed by atoms with Crippen molar-refractivity contribution in [2.45, 2.75) is 6.92 Å². The second kappa shape index (κ2) is 5.25. The van der Waals surface area contributed by atoms with Crippen LogP contribution in [0.25, 0.3) is 10.9 Å². The molecule has 0 aliphatic rings. The average molecular weight is 277 g/mol. The highest BCUT2D eigenvalue weighted by atomic mass is 16.1. The van der Waals surface area contributed by atoms with E-state index in [-0.39, 0.29) is 5.91 Å². The Bertz CT molecular complexity index is 827. The summed E-state index contributed by atoms with van der Waals surface area (Å²) in [7, 11) is 0. The molecule has 4 heteroatoms. The molecular weight excluding hydrogens is 262 g/mol. The van der Waals surface area contributed by atoms with E-state index in [4.69, 9.17) is 5.73 Å². The fourth-order valence-corrected chi connectivity index (χ4v) is 2.19. The van der Waals surface area contributed by atoms with Crippen LogP contribution in [0.15, 0.2) is 54.6 Å². The van der Waals surface area contributed by atoms with Crippen LogP contribution in [0.1, 0.15) is 16.1 Å². The van der Waals surface area contributed by atoms with Crippen LogP contribution in [0, 0.1) is 6.92 Å². The van der Waals surface area contributed by atoms with Crippen molar-refractivity contribution in [1.29, 1.82) is 0 Å². The van der Waals surface area contributed by atoms with E-state index in [0.717, 1.165) is 16.6 Å². The number of nitrogens with one attached hydrogen (secondary N) is 1. The van der Waals surface area contributed by atoms with Crippen LogP contribution in [-0.4, -0.2) is 10.9 Å². The van der Waals surface area contributed by atoms with Crippen molar-refractivity contribution in [3.05, 3.63) is 65.9 Å². The highest BCUT2D eigenvalue weighted by Gasteiger charge is 2.07. The first-order valence-electron chi connectivity index (χ1n) is 6.66. The number of amides is 1. The molecule has 21 heavy (non-hydrogen) atoms. The molecule has 0 saturated heterocycles. The molecule has 4 nitrogen and oxygen atoms in total. The first-order valence-corrected chi connectivity index (χ1v) is 6.66. The van der Waals surface area contributed by atoms with E-state index in [9.17, 15) is 4.79 Å². The lowest BCUT2D eigenvalue weighted by molar-refractivity contribution is 0.102. The summed E-state index contributed by atoms with van der Waals surface area (Å²) in [6.07, 6.45) is 0. The van der Waals surface area contributed by atoms with Gasteiger partial charge in [0, 0.05) is 28.0 Å². The van der Waals surface area contributed by atoms with Gasteiger partial charge in [-0.25, -0.2) is 0 Å². The van der Waals surface area contributed by atoms with Crippen molar-refractivity contribution in [3.63, 3.8) is 0 Å². The molecule has 0 aliphatic carbocycles. The van der Waals surface area contributed by atoms with Gasteiger partial charge in [0.2, 0.25) is 0 Å². The Balaban J connectivity index is 1.89.